The van der Waals surface area contributed by atoms with E-state index in [1.54, 1.807) is 42.5 Å². The molecule has 0 atom stereocenters. The third-order valence-electron chi connectivity index (χ3n) is 3.89. The number of carbonyl (C=O) groups is 3. The van der Waals surface area contributed by atoms with Crippen molar-refractivity contribution in [3.63, 3.8) is 0 Å². The van der Waals surface area contributed by atoms with Gasteiger partial charge in [-0.25, -0.2) is 0 Å². The molecule has 1 amide bonds. The van der Waals surface area contributed by atoms with Crippen molar-refractivity contribution in [2.75, 3.05) is 19.8 Å². The highest BCUT2D eigenvalue weighted by molar-refractivity contribution is 6.00. The van der Waals surface area contributed by atoms with Crippen LogP contribution < -0.4 is 10.1 Å². The van der Waals surface area contributed by atoms with Gasteiger partial charge in [0.25, 0.3) is 5.91 Å². The Morgan fingerprint density at radius 1 is 1.04 bits per heavy atom. The molecule has 7 nitrogen and oxygen atoms in total. The topological polar surface area (TPSA) is 94.8 Å². The van der Waals surface area contributed by atoms with Crippen molar-refractivity contribution in [2.45, 2.75) is 6.92 Å². The van der Waals surface area contributed by atoms with Crippen LogP contribution in [0.5, 0.6) is 5.75 Å². The highest BCUT2D eigenvalue weighted by Crippen LogP contribution is 2.19. The maximum atomic E-state index is 12.2. The van der Waals surface area contributed by atoms with Crippen molar-refractivity contribution >= 4 is 28.6 Å². The summed E-state index contributed by atoms with van der Waals surface area (Å²) in [6.45, 7) is 1.39. The number of ketones is 1. The van der Waals surface area contributed by atoms with Crippen LogP contribution >= 0.6 is 0 Å². The second kappa shape index (κ2) is 8.85. The van der Waals surface area contributed by atoms with Crippen LogP contribution in [-0.4, -0.2) is 37.4 Å². The maximum absolute atomic E-state index is 12.2. The van der Waals surface area contributed by atoms with Gasteiger partial charge in [-0.3, -0.25) is 14.4 Å². The fourth-order valence-electron chi connectivity index (χ4n) is 2.57. The Bertz CT molecular complexity index is 974. The summed E-state index contributed by atoms with van der Waals surface area (Å²) in [4.78, 5) is 36.2. The van der Waals surface area contributed by atoms with Gasteiger partial charge in [0, 0.05) is 5.39 Å². The van der Waals surface area contributed by atoms with E-state index in [2.05, 4.69) is 5.32 Å². The Labute approximate surface area is 161 Å². The van der Waals surface area contributed by atoms with E-state index in [1.165, 1.54) is 0 Å². The third-order valence-corrected chi connectivity index (χ3v) is 3.89. The number of furan rings is 1. The molecule has 0 aliphatic carbocycles. The molecule has 1 N–H and O–H groups in total. The minimum atomic E-state index is -0.730. The first kappa shape index (κ1) is 19.2. The fourth-order valence-corrected chi connectivity index (χ4v) is 2.57. The van der Waals surface area contributed by atoms with Gasteiger partial charge in [0.1, 0.15) is 17.9 Å². The molecule has 3 aromatic rings. The summed E-state index contributed by atoms with van der Waals surface area (Å²) >= 11 is 0. The summed E-state index contributed by atoms with van der Waals surface area (Å²) in [6.07, 6.45) is 0. The lowest BCUT2D eigenvalue weighted by Gasteiger charge is -2.10. The van der Waals surface area contributed by atoms with E-state index in [0.29, 0.717) is 23.5 Å². The molecule has 2 aromatic carbocycles. The minimum absolute atomic E-state index is 0.115. The summed E-state index contributed by atoms with van der Waals surface area (Å²) in [6, 6.07) is 15.5. The van der Waals surface area contributed by atoms with Crippen LogP contribution in [0.1, 0.15) is 27.8 Å². The standard InChI is InChI=1S/C21H19NO6/c1-2-26-18-10-6-4-8-15(18)21(25)22-12-20(24)27-13-16(23)19-11-14-7-3-5-9-17(14)28-19/h3-11H,2,12-13H2,1H3,(H,22,25). The average Bonchev–Trinajstić information content (AvgIpc) is 3.15. The average molecular weight is 381 g/mol. The molecule has 144 valence electrons. The van der Waals surface area contributed by atoms with E-state index in [9.17, 15) is 14.4 Å². The monoisotopic (exact) mass is 381 g/mol. The lowest BCUT2D eigenvalue weighted by Crippen LogP contribution is -2.31. The molecule has 0 spiro atoms. The van der Waals surface area contributed by atoms with Gasteiger partial charge >= 0.3 is 5.97 Å². The molecule has 0 saturated heterocycles. The smallest absolute Gasteiger partial charge is 0.325 e. The zero-order valence-corrected chi connectivity index (χ0v) is 15.3. The van der Waals surface area contributed by atoms with Crippen LogP contribution in [0.3, 0.4) is 0 Å². The lowest BCUT2D eigenvalue weighted by molar-refractivity contribution is -0.141. The molecule has 0 fully saturated rings. The van der Waals surface area contributed by atoms with Crippen LogP contribution in [0, 0.1) is 0 Å². The first-order valence-electron chi connectivity index (χ1n) is 8.76. The van der Waals surface area contributed by atoms with Gasteiger partial charge < -0.3 is 19.2 Å². The number of amides is 1. The van der Waals surface area contributed by atoms with Crippen LogP contribution in [0.25, 0.3) is 11.0 Å². The summed E-state index contributed by atoms with van der Waals surface area (Å²) in [7, 11) is 0. The molecule has 1 aromatic heterocycles. The number of hydrogen-bond acceptors (Lipinski definition) is 6. The van der Waals surface area contributed by atoms with Crippen molar-refractivity contribution in [1.82, 2.24) is 5.32 Å². The predicted molar refractivity (Wildman–Crippen MR) is 101 cm³/mol. The van der Waals surface area contributed by atoms with Gasteiger partial charge in [0.2, 0.25) is 5.78 Å². The summed E-state index contributed by atoms with van der Waals surface area (Å²) in [5.74, 6) is -1.12. The Morgan fingerprint density at radius 2 is 1.79 bits per heavy atom. The number of fused-ring (bicyclic) bond motifs is 1. The molecule has 3 rings (SSSR count). The largest absolute Gasteiger partial charge is 0.493 e. The Balaban J connectivity index is 1.50. The van der Waals surface area contributed by atoms with Gasteiger partial charge in [-0.1, -0.05) is 30.3 Å². The lowest BCUT2D eigenvalue weighted by atomic mass is 10.2. The quantitative estimate of drug-likeness (QED) is 0.476. The summed E-state index contributed by atoms with van der Waals surface area (Å²) < 4.78 is 15.7. The number of carbonyl (C=O) groups excluding carboxylic acids is 3. The van der Waals surface area contributed by atoms with Crippen LogP contribution in [-0.2, 0) is 9.53 Å². The SMILES string of the molecule is CCOc1ccccc1C(=O)NCC(=O)OCC(=O)c1cc2ccccc2o1. The number of benzene rings is 2. The second-order valence-electron chi connectivity index (χ2n) is 5.84. The second-order valence-corrected chi connectivity index (χ2v) is 5.84. The molecule has 1 heterocycles. The molecule has 28 heavy (non-hydrogen) atoms. The number of nitrogens with one attached hydrogen (secondary N) is 1. The van der Waals surface area contributed by atoms with Crippen LogP contribution in [0.2, 0.25) is 0 Å². The number of rotatable bonds is 8. The summed E-state index contributed by atoms with van der Waals surface area (Å²) in [5, 5.41) is 3.24. The van der Waals surface area contributed by atoms with E-state index in [0.717, 1.165) is 5.39 Å². The number of hydrogen-bond donors (Lipinski definition) is 1. The number of para-hydroxylation sites is 2. The minimum Gasteiger partial charge on any atom is -0.493 e. The molecule has 0 aliphatic heterocycles. The fraction of sp³-hybridized carbons (Fsp3) is 0.190. The highest BCUT2D eigenvalue weighted by atomic mass is 16.5. The van der Waals surface area contributed by atoms with Crippen molar-refractivity contribution in [1.29, 1.82) is 0 Å². The van der Waals surface area contributed by atoms with Gasteiger partial charge in [0.15, 0.2) is 12.4 Å². The molecule has 0 radical (unpaired) electrons. The molecule has 0 unspecified atom stereocenters. The molecule has 0 saturated carbocycles. The van der Waals surface area contributed by atoms with Crippen molar-refractivity contribution in [3.05, 3.63) is 65.9 Å². The first-order chi connectivity index (χ1) is 13.6. The zero-order chi connectivity index (χ0) is 19.9. The van der Waals surface area contributed by atoms with Gasteiger partial charge in [-0.15, -0.1) is 0 Å². The first-order valence-corrected chi connectivity index (χ1v) is 8.76. The van der Waals surface area contributed by atoms with Gasteiger partial charge in [-0.05, 0) is 31.2 Å². The molecule has 7 heteroatoms. The van der Waals surface area contributed by atoms with E-state index in [1.807, 2.05) is 19.1 Å². The van der Waals surface area contributed by atoms with Gasteiger partial charge in [0.05, 0.1) is 12.2 Å². The normalized spacial score (nSPS) is 10.5. The zero-order valence-electron chi connectivity index (χ0n) is 15.3. The van der Waals surface area contributed by atoms with E-state index in [4.69, 9.17) is 13.9 Å². The predicted octanol–water partition coefficient (Wildman–Crippen LogP) is 2.99. The van der Waals surface area contributed by atoms with Gasteiger partial charge in [-0.2, -0.15) is 0 Å². The Kier molecular flexibility index (Phi) is 6.06. The number of ether oxygens (including phenoxy) is 2. The van der Waals surface area contributed by atoms with Crippen LogP contribution in [0.4, 0.5) is 0 Å². The van der Waals surface area contributed by atoms with Crippen molar-refractivity contribution < 1.29 is 28.3 Å². The third kappa shape index (κ3) is 4.56. The molecular formula is C21H19NO6. The molecule has 0 bridgehead atoms. The molecule has 0 aliphatic rings. The Hall–Kier alpha value is -3.61. The Morgan fingerprint density at radius 3 is 2.57 bits per heavy atom. The molecular weight excluding hydrogens is 362 g/mol. The number of Topliss-reactive ketones (excluding diaryl/α,β-unsaturated/α-hetero) is 1. The maximum Gasteiger partial charge on any atom is 0.325 e. The van der Waals surface area contributed by atoms with E-state index >= 15 is 0 Å². The van der Waals surface area contributed by atoms with Crippen LogP contribution in [0.15, 0.2) is 59.0 Å². The summed E-state index contributed by atoms with van der Waals surface area (Å²) in [5.41, 5.74) is 0.896. The van der Waals surface area contributed by atoms with Crippen molar-refractivity contribution in [3.8, 4) is 5.75 Å². The highest BCUT2D eigenvalue weighted by Gasteiger charge is 2.16. The van der Waals surface area contributed by atoms with E-state index in [-0.39, 0.29) is 12.3 Å². The van der Waals surface area contributed by atoms with Crippen molar-refractivity contribution in [2.24, 2.45) is 0 Å². The van der Waals surface area contributed by atoms with E-state index < -0.39 is 24.3 Å². The number of esters is 1.